The highest BCUT2D eigenvalue weighted by atomic mass is 16.2. The van der Waals surface area contributed by atoms with Crippen LogP contribution in [0.2, 0.25) is 0 Å². The second kappa shape index (κ2) is 5.13. The minimum Gasteiger partial charge on any atom is -0.368 e. The van der Waals surface area contributed by atoms with Crippen molar-refractivity contribution in [3.63, 3.8) is 0 Å². The largest absolute Gasteiger partial charge is 0.368 e. The first-order valence-electron chi connectivity index (χ1n) is 5.76. The average molecular weight is 252 g/mol. The number of hydrogen-bond donors (Lipinski definition) is 2. The van der Waals surface area contributed by atoms with Crippen molar-refractivity contribution in [1.29, 1.82) is 0 Å². The Morgan fingerprint density at radius 1 is 1.56 bits per heavy atom. The number of aromatic nitrogens is 3. The Kier molecular flexibility index (Phi) is 3.56. The maximum absolute atomic E-state index is 12.3. The highest BCUT2D eigenvalue weighted by molar-refractivity contribution is 5.88. The van der Waals surface area contributed by atoms with E-state index in [1.54, 1.807) is 6.92 Å². The van der Waals surface area contributed by atoms with Crippen molar-refractivity contribution >= 4 is 11.8 Å². The van der Waals surface area contributed by atoms with Crippen molar-refractivity contribution in [2.75, 3.05) is 19.6 Å². The summed E-state index contributed by atoms with van der Waals surface area (Å²) in [7, 11) is 0. The normalized spacial score (nSPS) is 21.6. The molecule has 1 aromatic rings. The molecule has 0 saturated carbocycles. The molecule has 1 saturated heterocycles. The SMILES string of the molecule is CC(C(=O)N1CCNCC1C(N)=O)n1cncn1. The molecule has 2 atom stereocenters. The number of nitrogens with two attached hydrogens (primary N) is 1. The first-order valence-corrected chi connectivity index (χ1v) is 5.76. The Bertz CT molecular complexity index is 432. The number of amides is 2. The molecule has 2 amide bonds. The van der Waals surface area contributed by atoms with E-state index in [0.29, 0.717) is 19.6 Å². The number of carbonyl (C=O) groups is 2. The fourth-order valence-corrected chi connectivity index (χ4v) is 1.99. The van der Waals surface area contributed by atoms with Gasteiger partial charge in [0.15, 0.2) is 0 Å². The molecular weight excluding hydrogens is 236 g/mol. The molecule has 98 valence electrons. The lowest BCUT2D eigenvalue weighted by Crippen LogP contribution is -2.59. The maximum atomic E-state index is 12.3. The van der Waals surface area contributed by atoms with E-state index in [1.807, 2.05) is 0 Å². The highest BCUT2D eigenvalue weighted by Gasteiger charge is 2.33. The summed E-state index contributed by atoms with van der Waals surface area (Å²) in [4.78, 5) is 29.0. The molecule has 2 rings (SSSR count). The van der Waals surface area contributed by atoms with Crippen LogP contribution < -0.4 is 11.1 Å². The molecular formula is C10H16N6O2. The van der Waals surface area contributed by atoms with E-state index in [-0.39, 0.29) is 5.91 Å². The zero-order valence-corrected chi connectivity index (χ0v) is 10.1. The van der Waals surface area contributed by atoms with Gasteiger partial charge >= 0.3 is 0 Å². The molecule has 0 spiro atoms. The van der Waals surface area contributed by atoms with Gasteiger partial charge in [-0.25, -0.2) is 9.67 Å². The van der Waals surface area contributed by atoms with Gasteiger partial charge in [0, 0.05) is 19.6 Å². The molecule has 18 heavy (non-hydrogen) atoms. The van der Waals surface area contributed by atoms with Gasteiger partial charge in [0.2, 0.25) is 11.8 Å². The Hall–Kier alpha value is -1.96. The average Bonchev–Trinajstić information content (AvgIpc) is 2.90. The molecule has 1 fully saturated rings. The molecule has 3 N–H and O–H groups in total. The molecule has 8 heteroatoms. The number of nitrogens with one attached hydrogen (secondary N) is 1. The lowest BCUT2D eigenvalue weighted by molar-refractivity contribution is -0.143. The van der Waals surface area contributed by atoms with Gasteiger partial charge in [0.1, 0.15) is 24.7 Å². The summed E-state index contributed by atoms with van der Waals surface area (Å²) in [5, 5.41) is 6.97. The topological polar surface area (TPSA) is 106 Å². The third-order valence-corrected chi connectivity index (χ3v) is 3.05. The lowest BCUT2D eigenvalue weighted by Gasteiger charge is -2.35. The second-order valence-electron chi connectivity index (χ2n) is 4.21. The molecule has 1 aliphatic rings. The Labute approximate surface area is 104 Å². The second-order valence-corrected chi connectivity index (χ2v) is 4.21. The monoisotopic (exact) mass is 252 g/mol. The third-order valence-electron chi connectivity index (χ3n) is 3.05. The minimum absolute atomic E-state index is 0.175. The predicted octanol–water partition coefficient (Wildman–Crippen LogP) is -1.88. The number of hydrogen-bond acceptors (Lipinski definition) is 5. The molecule has 1 aliphatic heterocycles. The van der Waals surface area contributed by atoms with E-state index in [9.17, 15) is 9.59 Å². The summed E-state index contributed by atoms with van der Waals surface area (Å²) >= 11 is 0. The van der Waals surface area contributed by atoms with Crippen LogP contribution in [0.4, 0.5) is 0 Å². The first kappa shape index (κ1) is 12.5. The van der Waals surface area contributed by atoms with Crippen LogP contribution in [-0.4, -0.2) is 57.2 Å². The summed E-state index contributed by atoms with van der Waals surface area (Å²) in [6.45, 7) is 3.23. The van der Waals surface area contributed by atoms with Gasteiger partial charge in [0.25, 0.3) is 0 Å². The van der Waals surface area contributed by atoms with E-state index < -0.39 is 18.0 Å². The molecule has 2 heterocycles. The predicted molar refractivity (Wildman–Crippen MR) is 62.3 cm³/mol. The standard InChI is InChI=1S/C10H16N6O2/c1-7(16-6-13-5-14-16)10(18)15-3-2-12-4-8(15)9(11)17/h5-8,12H,2-4H2,1H3,(H2,11,17). The van der Waals surface area contributed by atoms with Crippen LogP contribution in [0, 0.1) is 0 Å². The zero-order valence-electron chi connectivity index (χ0n) is 10.1. The first-order chi connectivity index (χ1) is 8.61. The summed E-state index contributed by atoms with van der Waals surface area (Å²) in [6, 6.07) is -1.09. The van der Waals surface area contributed by atoms with Gasteiger partial charge < -0.3 is 16.0 Å². The lowest BCUT2D eigenvalue weighted by atomic mass is 10.1. The number of rotatable bonds is 3. The summed E-state index contributed by atoms with van der Waals surface area (Å²) in [5.41, 5.74) is 5.31. The summed E-state index contributed by atoms with van der Waals surface area (Å²) < 4.78 is 1.46. The van der Waals surface area contributed by atoms with E-state index in [1.165, 1.54) is 22.2 Å². The van der Waals surface area contributed by atoms with Crippen LogP contribution in [0.25, 0.3) is 0 Å². The van der Waals surface area contributed by atoms with Gasteiger partial charge in [-0.15, -0.1) is 0 Å². The minimum atomic E-state index is -0.600. The maximum Gasteiger partial charge on any atom is 0.247 e. The third kappa shape index (κ3) is 2.33. The van der Waals surface area contributed by atoms with Crippen LogP contribution >= 0.6 is 0 Å². The molecule has 0 aliphatic carbocycles. The smallest absolute Gasteiger partial charge is 0.247 e. The zero-order chi connectivity index (χ0) is 13.1. The van der Waals surface area contributed by atoms with Crippen LogP contribution in [0.5, 0.6) is 0 Å². The molecule has 0 radical (unpaired) electrons. The van der Waals surface area contributed by atoms with Gasteiger partial charge in [-0.3, -0.25) is 9.59 Å². The molecule has 0 bridgehead atoms. The van der Waals surface area contributed by atoms with Crippen molar-refractivity contribution in [2.24, 2.45) is 5.73 Å². The van der Waals surface area contributed by atoms with Crippen LogP contribution in [0.1, 0.15) is 13.0 Å². The van der Waals surface area contributed by atoms with Crippen molar-refractivity contribution in [2.45, 2.75) is 19.0 Å². The highest BCUT2D eigenvalue weighted by Crippen LogP contribution is 2.12. The quantitative estimate of drug-likeness (QED) is 0.655. The Morgan fingerprint density at radius 3 is 2.94 bits per heavy atom. The van der Waals surface area contributed by atoms with Gasteiger partial charge in [-0.1, -0.05) is 0 Å². The number of piperazine rings is 1. The van der Waals surface area contributed by atoms with Crippen LogP contribution in [0.3, 0.4) is 0 Å². The van der Waals surface area contributed by atoms with E-state index in [2.05, 4.69) is 15.4 Å². The summed E-state index contributed by atoms with van der Waals surface area (Å²) in [5.74, 6) is -0.674. The van der Waals surface area contributed by atoms with Crippen LogP contribution in [0.15, 0.2) is 12.7 Å². The molecule has 1 aromatic heterocycles. The van der Waals surface area contributed by atoms with Crippen molar-refractivity contribution < 1.29 is 9.59 Å². The fourth-order valence-electron chi connectivity index (χ4n) is 1.99. The number of nitrogens with zero attached hydrogens (tertiary/aromatic N) is 4. The van der Waals surface area contributed by atoms with E-state index >= 15 is 0 Å². The van der Waals surface area contributed by atoms with Gasteiger partial charge in [-0.2, -0.15) is 5.10 Å². The van der Waals surface area contributed by atoms with E-state index in [4.69, 9.17) is 5.73 Å². The number of primary amides is 1. The van der Waals surface area contributed by atoms with Gasteiger partial charge in [0.05, 0.1) is 0 Å². The molecule has 8 nitrogen and oxygen atoms in total. The summed E-state index contributed by atoms with van der Waals surface area (Å²) in [6.07, 6.45) is 2.84. The Morgan fingerprint density at radius 2 is 2.33 bits per heavy atom. The van der Waals surface area contributed by atoms with Crippen molar-refractivity contribution in [3.05, 3.63) is 12.7 Å². The fraction of sp³-hybridized carbons (Fsp3) is 0.600. The Balaban J connectivity index is 2.13. The van der Waals surface area contributed by atoms with Crippen molar-refractivity contribution in [3.8, 4) is 0 Å². The molecule has 2 unspecified atom stereocenters. The van der Waals surface area contributed by atoms with E-state index in [0.717, 1.165) is 0 Å². The van der Waals surface area contributed by atoms with Gasteiger partial charge in [-0.05, 0) is 6.92 Å². The van der Waals surface area contributed by atoms with Crippen molar-refractivity contribution in [1.82, 2.24) is 25.0 Å². The van der Waals surface area contributed by atoms with Crippen LogP contribution in [-0.2, 0) is 9.59 Å². The molecule has 0 aromatic carbocycles. The number of carbonyl (C=O) groups excluding carboxylic acids is 2.